The standard InChI is InChI=1S/C21H22N6O2/c1-12-7-5-10-17(13(12)2)23-20(28)18-14(3)22-21-24-25-26-27(21)19(18)15-8-6-9-16(11-15)29-4/h5-11,19H,1-4H3,(H,23,28)(H,22,24,26). The number of benzene rings is 2. The molecule has 0 aliphatic carbocycles. The van der Waals surface area contributed by atoms with Crippen LogP contribution in [-0.2, 0) is 4.79 Å². The van der Waals surface area contributed by atoms with E-state index in [1.165, 1.54) is 0 Å². The normalized spacial score (nSPS) is 15.5. The molecule has 8 nitrogen and oxygen atoms in total. The van der Waals surface area contributed by atoms with Crippen LogP contribution in [0.25, 0.3) is 0 Å². The van der Waals surface area contributed by atoms with Gasteiger partial charge in [-0.15, -0.1) is 0 Å². The number of tetrazole rings is 1. The Morgan fingerprint density at radius 2 is 1.97 bits per heavy atom. The Morgan fingerprint density at radius 3 is 2.76 bits per heavy atom. The van der Waals surface area contributed by atoms with Gasteiger partial charge in [0.2, 0.25) is 5.95 Å². The molecule has 2 aromatic carbocycles. The van der Waals surface area contributed by atoms with Crippen LogP contribution in [0.4, 0.5) is 11.6 Å². The molecule has 148 valence electrons. The van der Waals surface area contributed by atoms with Crippen molar-refractivity contribution in [3.8, 4) is 5.75 Å². The van der Waals surface area contributed by atoms with E-state index >= 15 is 0 Å². The van der Waals surface area contributed by atoms with E-state index in [0.717, 1.165) is 22.4 Å². The Hall–Kier alpha value is -3.68. The lowest BCUT2D eigenvalue weighted by Gasteiger charge is -2.28. The van der Waals surface area contributed by atoms with E-state index in [9.17, 15) is 4.79 Å². The summed E-state index contributed by atoms with van der Waals surface area (Å²) in [4.78, 5) is 13.4. The van der Waals surface area contributed by atoms with Gasteiger partial charge in [0.05, 0.1) is 12.7 Å². The first-order chi connectivity index (χ1) is 14.0. The van der Waals surface area contributed by atoms with Gasteiger partial charge < -0.3 is 15.4 Å². The lowest BCUT2D eigenvalue weighted by Crippen LogP contribution is -2.31. The highest BCUT2D eigenvalue weighted by atomic mass is 16.5. The molecule has 0 saturated carbocycles. The SMILES string of the molecule is COc1cccc(C2C(C(=O)Nc3cccc(C)c3C)=C(C)Nc3nnnn32)c1. The molecule has 1 atom stereocenters. The number of carbonyl (C=O) groups excluding carboxylic acids is 1. The Bertz CT molecular complexity index is 1120. The third kappa shape index (κ3) is 3.33. The number of aromatic nitrogens is 4. The molecule has 2 N–H and O–H groups in total. The second-order valence-corrected chi connectivity index (χ2v) is 6.99. The molecule has 1 aliphatic rings. The maximum absolute atomic E-state index is 13.4. The minimum atomic E-state index is -0.485. The molecule has 0 saturated heterocycles. The molecule has 4 rings (SSSR count). The van der Waals surface area contributed by atoms with Crippen molar-refractivity contribution in [3.63, 3.8) is 0 Å². The summed E-state index contributed by atoms with van der Waals surface area (Å²) in [6.45, 7) is 5.86. The highest BCUT2D eigenvalue weighted by Gasteiger charge is 2.34. The fourth-order valence-electron chi connectivity index (χ4n) is 3.50. The predicted molar refractivity (Wildman–Crippen MR) is 110 cm³/mol. The molecule has 1 amide bonds. The highest BCUT2D eigenvalue weighted by Crippen LogP contribution is 2.36. The number of nitrogens with one attached hydrogen (secondary N) is 2. The van der Waals surface area contributed by atoms with Crippen LogP contribution >= 0.6 is 0 Å². The number of hydrogen-bond acceptors (Lipinski definition) is 6. The molecule has 0 radical (unpaired) electrons. The molecule has 1 aromatic heterocycles. The predicted octanol–water partition coefficient (Wildman–Crippen LogP) is 3.23. The van der Waals surface area contributed by atoms with Gasteiger partial charge >= 0.3 is 0 Å². The van der Waals surface area contributed by atoms with E-state index in [1.807, 2.05) is 63.2 Å². The van der Waals surface area contributed by atoms with Crippen LogP contribution in [0.3, 0.4) is 0 Å². The number of ether oxygens (including phenoxy) is 1. The van der Waals surface area contributed by atoms with Crippen LogP contribution in [0.2, 0.25) is 0 Å². The number of hydrogen-bond donors (Lipinski definition) is 2. The van der Waals surface area contributed by atoms with Gasteiger partial charge in [-0.2, -0.15) is 4.68 Å². The van der Waals surface area contributed by atoms with E-state index < -0.39 is 6.04 Å². The molecule has 0 fully saturated rings. The lowest BCUT2D eigenvalue weighted by molar-refractivity contribution is -0.113. The van der Waals surface area contributed by atoms with Gasteiger partial charge in [0.25, 0.3) is 5.91 Å². The summed E-state index contributed by atoms with van der Waals surface area (Å²) in [7, 11) is 1.61. The van der Waals surface area contributed by atoms with E-state index in [2.05, 4.69) is 26.2 Å². The van der Waals surface area contributed by atoms with Crippen LogP contribution in [-0.4, -0.2) is 33.2 Å². The molecule has 8 heteroatoms. The molecule has 2 heterocycles. The summed E-state index contributed by atoms with van der Waals surface area (Å²) in [6.07, 6.45) is 0. The second kappa shape index (κ2) is 7.38. The largest absolute Gasteiger partial charge is 0.497 e. The van der Waals surface area contributed by atoms with Crippen molar-refractivity contribution in [2.45, 2.75) is 26.8 Å². The van der Waals surface area contributed by atoms with Crippen LogP contribution in [0.15, 0.2) is 53.7 Å². The Morgan fingerprint density at radius 1 is 1.17 bits per heavy atom. The summed E-state index contributed by atoms with van der Waals surface area (Å²) in [5, 5.41) is 18.1. The molecule has 1 unspecified atom stereocenters. The minimum absolute atomic E-state index is 0.210. The number of allylic oxidation sites excluding steroid dienone is 1. The fourth-order valence-corrected chi connectivity index (χ4v) is 3.50. The highest BCUT2D eigenvalue weighted by molar-refractivity contribution is 6.06. The van der Waals surface area contributed by atoms with Gasteiger partial charge in [-0.25, -0.2) is 0 Å². The summed E-state index contributed by atoms with van der Waals surface area (Å²) >= 11 is 0. The third-order valence-electron chi connectivity index (χ3n) is 5.22. The number of carbonyl (C=O) groups is 1. The minimum Gasteiger partial charge on any atom is -0.497 e. The quantitative estimate of drug-likeness (QED) is 0.710. The number of amides is 1. The van der Waals surface area contributed by atoms with Crippen molar-refractivity contribution in [3.05, 3.63) is 70.4 Å². The number of methoxy groups -OCH3 is 1. The zero-order chi connectivity index (χ0) is 20.5. The monoisotopic (exact) mass is 390 g/mol. The summed E-state index contributed by atoms with van der Waals surface area (Å²) in [5.41, 5.74) is 5.01. The first-order valence-corrected chi connectivity index (χ1v) is 9.26. The zero-order valence-corrected chi connectivity index (χ0v) is 16.7. The average molecular weight is 390 g/mol. The van der Waals surface area contributed by atoms with E-state index in [1.54, 1.807) is 11.8 Å². The van der Waals surface area contributed by atoms with Gasteiger partial charge in [-0.05, 0) is 66.1 Å². The summed E-state index contributed by atoms with van der Waals surface area (Å²) in [6, 6.07) is 12.9. The number of nitrogens with zero attached hydrogens (tertiary/aromatic N) is 4. The van der Waals surface area contributed by atoms with E-state index in [4.69, 9.17) is 4.74 Å². The number of aryl methyl sites for hydroxylation is 1. The van der Waals surface area contributed by atoms with Crippen LogP contribution in [0, 0.1) is 13.8 Å². The summed E-state index contributed by atoms with van der Waals surface area (Å²) < 4.78 is 6.98. The molecule has 0 spiro atoms. The molecule has 0 bridgehead atoms. The number of fused-ring (bicyclic) bond motifs is 1. The Kier molecular flexibility index (Phi) is 4.75. The van der Waals surface area contributed by atoms with Gasteiger partial charge in [0, 0.05) is 11.4 Å². The number of rotatable bonds is 4. The Balaban J connectivity index is 1.78. The van der Waals surface area contributed by atoms with Crippen molar-refractivity contribution in [1.82, 2.24) is 20.2 Å². The lowest BCUT2D eigenvalue weighted by atomic mass is 9.94. The first-order valence-electron chi connectivity index (χ1n) is 9.26. The topological polar surface area (TPSA) is 94.0 Å². The van der Waals surface area contributed by atoms with Crippen molar-refractivity contribution in [1.29, 1.82) is 0 Å². The molecule has 29 heavy (non-hydrogen) atoms. The van der Waals surface area contributed by atoms with Crippen molar-refractivity contribution in [2.24, 2.45) is 0 Å². The second-order valence-electron chi connectivity index (χ2n) is 6.99. The van der Waals surface area contributed by atoms with Crippen molar-refractivity contribution in [2.75, 3.05) is 17.7 Å². The van der Waals surface area contributed by atoms with Crippen molar-refractivity contribution < 1.29 is 9.53 Å². The summed E-state index contributed by atoms with van der Waals surface area (Å²) in [5.74, 6) is 0.971. The van der Waals surface area contributed by atoms with E-state index in [0.29, 0.717) is 23.0 Å². The third-order valence-corrected chi connectivity index (χ3v) is 5.22. The van der Waals surface area contributed by atoms with Gasteiger partial charge in [-0.1, -0.05) is 29.4 Å². The fraction of sp³-hybridized carbons (Fsp3) is 0.238. The average Bonchev–Trinajstić information content (AvgIpc) is 3.18. The van der Waals surface area contributed by atoms with Crippen LogP contribution < -0.4 is 15.4 Å². The first kappa shape index (κ1) is 18.7. The maximum atomic E-state index is 13.4. The molecule has 3 aromatic rings. The Labute approximate surface area is 168 Å². The van der Waals surface area contributed by atoms with E-state index in [-0.39, 0.29) is 5.91 Å². The zero-order valence-electron chi connectivity index (χ0n) is 16.7. The van der Waals surface area contributed by atoms with Gasteiger partial charge in [0.1, 0.15) is 11.8 Å². The van der Waals surface area contributed by atoms with Crippen LogP contribution in [0.5, 0.6) is 5.75 Å². The molecular weight excluding hydrogens is 368 g/mol. The van der Waals surface area contributed by atoms with Gasteiger partial charge in [0.15, 0.2) is 0 Å². The molecule has 1 aliphatic heterocycles. The van der Waals surface area contributed by atoms with Crippen molar-refractivity contribution >= 4 is 17.5 Å². The maximum Gasteiger partial charge on any atom is 0.255 e. The smallest absolute Gasteiger partial charge is 0.255 e. The van der Waals surface area contributed by atoms with Crippen LogP contribution in [0.1, 0.15) is 29.7 Å². The molecular formula is C21H22N6O2. The number of anilines is 2. The van der Waals surface area contributed by atoms with Gasteiger partial charge in [-0.3, -0.25) is 4.79 Å².